The fraction of sp³-hybridized carbons (Fsp3) is 0.579. The molecule has 1 aromatic rings. The zero-order chi connectivity index (χ0) is 20.4. The van der Waals surface area contributed by atoms with Gasteiger partial charge in [0.25, 0.3) is 0 Å². The number of carbonyl (C=O) groups is 1. The lowest BCUT2D eigenvalue weighted by Gasteiger charge is -2.33. The highest BCUT2D eigenvalue weighted by atomic mass is 32.2. The lowest BCUT2D eigenvalue weighted by Crippen LogP contribution is -2.59. The van der Waals surface area contributed by atoms with Crippen LogP contribution in [0.1, 0.15) is 32.8 Å². The first-order valence-corrected chi connectivity index (χ1v) is 10.5. The fourth-order valence-electron chi connectivity index (χ4n) is 3.21. The summed E-state index contributed by atoms with van der Waals surface area (Å²) in [4.78, 5) is 14.3. The quantitative estimate of drug-likeness (QED) is 0.783. The van der Waals surface area contributed by atoms with Gasteiger partial charge in [0, 0.05) is 6.54 Å². The Labute approximate surface area is 161 Å². The number of methoxy groups -OCH3 is 1. The van der Waals surface area contributed by atoms with Gasteiger partial charge in [-0.15, -0.1) is 0 Å². The highest BCUT2D eigenvalue weighted by Gasteiger charge is 2.47. The van der Waals surface area contributed by atoms with Crippen LogP contribution in [0.3, 0.4) is 0 Å². The topological polar surface area (TPSA) is 113 Å². The van der Waals surface area contributed by atoms with E-state index in [9.17, 15) is 18.5 Å². The van der Waals surface area contributed by atoms with Crippen LogP contribution in [0, 0.1) is 17.2 Å². The summed E-state index contributed by atoms with van der Waals surface area (Å²) < 4.78 is 29.6. The molecule has 2 N–H and O–H groups in total. The minimum absolute atomic E-state index is 0.185. The zero-order valence-corrected chi connectivity index (χ0v) is 17.0. The van der Waals surface area contributed by atoms with Crippen molar-refractivity contribution in [1.82, 2.24) is 4.90 Å². The third kappa shape index (κ3) is 4.25. The van der Waals surface area contributed by atoms with E-state index >= 15 is 0 Å². The van der Waals surface area contributed by atoms with E-state index in [0.29, 0.717) is 24.3 Å². The molecule has 148 valence electrons. The number of carbonyl (C=O) groups excluding carboxylic acids is 1. The van der Waals surface area contributed by atoms with E-state index in [1.165, 1.54) is 25.9 Å². The van der Waals surface area contributed by atoms with Crippen molar-refractivity contribution >= 4 is 15.7 Å². The highest BCUT2D eigenvalue weighted by molar-refractivity contribution is 7.92. The first-order valence-electron chi connectivity index (χ1n) is 8.84. The molecule has 0 spiro atoms. The van der Waals surface area contributed by atoms with Crippen LogP contribution in [-0.4, -0.2) is 49.7 Å². The number of ether oxygens (including phenoxy) is 1. The van der Waals surface area contributed by atoms with E-state index in [0.717, 1.165) is 0 Å². The third-order valence-electron chi connectivity index (χ3n) is 5.27. The maximum absolute atomic E-state index is 13.0. The summed E-state index contributed by atoms with van der Waals surface area (Å²) in [5.74, 6) is 0.0929. The lowest BCUT2D eigenvalue weighted by atomic mass is 10.0. The van der Waals surface area contributed by atoms with Crippen LogP contribution in [0.2, 0.25) is 0 Å². The minimum atomic E-state index is -3.74. The van der Waals surface area contributed by atoms with Gasteiger partial charge in [-0.1, -0.05) is 19.1 Å². The van der Waals surface area contributed by atoms with Crippen LogP contribution in [0.15, 0.2) is 24.3 Å². The van der Waals surface area contributed by atoms with Crippen molar-refractivity contribution in [2.45, 2.75) is 49.8 Å². The average Bonchev–Trinajstić information content (AvgIpc) is 3.01. The Morgan fingerprint density at radius 3 is 2.52 bits per heavy atom. The SMILES string of the molecule is COc1ccc(CS(=O)(=O)C(C)(C)[C@H](N)C(=O)N2C[C@@H](C)CC2C#N)cc1. The number of hydrogen-bond acceptors (Lipinski definition) is 6. The minimum Gasteiger partial charge on any atom is -0.497 e. The van der Waals surface area contributed by atoms with E-state index in [-0.39, 0.29) is 11.7 Å². The molecule has 2 rings (SSSR count). The Hall–Kier alpha value is -2.11. The number of likely N-dealkylation sites (tertiary alicyclic amines) is 1. The lowest BCUT2D eigenvalue weighted by molar-refractivity contribution is -0.133. The molecule has 0 radical (unpaired) electrons. The van der Waals surface area contributed by atoms with E-state index < -0.39 is 32.6 Å². The Morgan fingerprint density at radius 1 is 1.41 bits per heavy atom. The Kier molecular flexibility index (Phi) is 6.17. The summed E-state index contributed by atoms with van der Waals surface area (Å²) in [6.07, 6.45) is 0.577. The summed E-state index contributed by atoms with van der Waals surface area (Å²) in [5.41, 5.74) is 6.71. The first-order chi connectivity index (χ1) is 12.5. The Morgan fingerprint density at radius 2 is 2.00 bits per heavy atom. The van der Waals surface area contributed by atoms with Gasteiger partial charge < -0.3 is 15.4 Å². The molecule has 0 bridgehead atoms. The number of nitrogens with two attached hydrogens (primary N) is 1. The molecular formula is C19H27N3O4S. The largest absolute Gasteiger partial charge is 0.497 e. The van der Waals surface area contributed by atoms with Gasteiger partial charge in [0.1, 0.15) is 17.8 Å². The van der Waals surface area contributed by atoms with Gasteiger partial charge in [-0.05, 0) is 43.9 Å². The average molecular weight is 394 g/mol. The van der Waals surface area contributed by atoms with Crippen molar-refractivity contribution in [3.63, 3.8) is 0 Å². The standard InChI is InChI=1S/C19H27N3O4S/c1-13-9-15(10-20)22(11-13)18(23)17(21)19(2,3)27(24,25)12-14-5-7-16(26-4)8-6-14/h5-8,13,15,17H,9,11-12,21H2,1-4H3/t13-,15?,17+/m0/s1. The molecule has 3 atom stereocenters. The third-order valence-corrected chi connectivity index (χ3v) is 7.85. The van der Waals surface area contributed by atoms with E-state index in [1.54, 1.807) is 24.3 Å². The smallest absolute Gasteiger partial charge is 0.242 e. The van der Waals surface area contributed by atoms with Gasteiger partial charge in [-0.2, -0.15) is 5.26 Å². The summed E-state index contributed by atoms with van der Waals surface area (Å²) in [5, 5.41) is 9.27. The molecule has 8 heteroatoms. The number of hydrogen-bond donors (Lipinski definition) is 1. The summed E-state index contributed by atoms with van der Waals surface area (Å²) in [7, 11) is -2.21. The zero-order valence-electron chi connectivity index (χ0n) is 16.2. The van der Waals surface area contributed by atoms with Gasteiger partial charge in [0.2, 0.25) is 5.91 Å². The molecule has 7 nitrogen and oxygen atoms in total. The highest BCUT2D eigenvalue weighted by Crippen LogP contribution is 2.29. The van der Waals surface area contributed by atoms with Gasteiger partial charge >= 0.3 is 0 Å². The second-order valence-electron chi connectivity index (χ2n) is 7.66. The van der Waals surface area contributed by atoms with Crippen LogP contribution in [0.4, 0.5) is 0 Å². The van der Waals surface area contributed by atoms with E-state index in [2.05, 4.69) is 6.07 Å². The van der Waals surface area contributed by atoms with Gasteiger partial charge in [-0.3, -0.25) is 4.79 Å². The molecule has 0 saturated carbocycles. The second kappa shape index (κ2) is 7.87. The Bertz CT molecular complexity index is 828. The van der Waals surface area contributed by atoms with Crippen molar-refractivity contribution in [2.75, 3.05) is 13.7 Å². The predicted octanol–water partition coefficient (Wildman–Crippen LogP) is 1.48. The maximum atomic E-state index is 13.0. The first kappa shape index (κ1) is 21.2. The predicted molar refractivity (Wildman–Crippen MR) is 103 cm³/mol. The summed E-state index contributed by atoms with van der Waals surface area (Å²) in [6, 6.07) is 7.03. The van der Waals surface area contributed by atoms with Gasteiger partial charge in [-0.25, -0.2) is 8.42 Å². The monoisotopic (exact) mass is 393 g/mol. The molecule has 27 heavy (non-hydrogen) atoms. The molecule has 1 saturated heterocycles. The number of sulfone groups is 1. The molecular weight excluding hydrogens is 366 g/mol. The van der Waals surface area contributed by atoms with E-state index in [4.69, 9.17) is 10.5 Å². The van der Waals surface area contributed by atoms with Crippen LogP contribution in [-0.2, 0) is 20.4 Å². The maximum Gasteiger partial charge on any atom is 0.242 e. The molecule has 1 heterocycles. The van der Waals surface area contributed by atoms with Gasteiger partial charge in [0.15, 0.2) is 9.84 Å². The second-order valence-corrected chi connectivity index (χ2v) is 10.2. The Balaban J connectivity index is 2.21. The number of rotatable bonds is 6. The normalized spacial score (nSPS) is 21.6. The molecule has 1 amide bonds. The van der Waals surface area contributed by atoms with Crippen LogP contribution in [0.5, 0.6) is 5.75 Å². The fourth-order valence-corrected chi connectivity index (χ4v) is 4.70. The van der Waals surface area contributed by atoms with Crippen molar-refractivity contribution in [1.29, 1.82) is 5.26 Å². The molecule has 1 aromatic carbocycles. The van der Waals surface area contributed by atoms with E-state index in [1.807, 2.05) is 6.92 Å². The number of nitriles is 1. The molecule has 1 unspecified atom stereocenters. The molecule has 0 aliphatic carbocycles. The van der Waals surface area contributed by atoms with Crippen molar-refractivity contribution < 1.29 is 17.9 Å². The van der Waals surface area contributed by atoms with Crippen molar-refractivity contribution in [2.24, 2.45) is 11.7 Å². The number of nitrogens with zero attached hydrogens (tertiary/aromatic N) is 2. The number of amides is 1. The van der Waals surface area contributed by atoms with Crippen LogP contribution >= 0.6 is 0 Å². The molecule has 1 aliphatic heterocycles. The molecule has 1 fully saturated rings. The van der Waals surface area contributed by atoms with Crippen LogP contribution < -0.4 is 10.5 Å². The van der Waals surface area contributed by atoms with Crippen molar-refractivity contribution in [3.8, 4) is 11.8 Å². The van der Waals surface area contributed by atoms with Crippen molar-refractivity contribution in [3.05, 3.63) is 29.8 Å². The molecule has 0 aromatic heterocycles. The molecule has 1 aliphatic rings. The summed E-state index contributed by atoms with van der Waals surface area (Å²) in [6.45, 7) is 5.30. The summed E-state index contributed by atoms with van der Waals surface area (Å²) >= 11 is 0. The number of benzene rings is 1. The van der Waals surface area contributed by atoms with Crippen LogP contribution in [0.25, 0.3) is 0 Å². The van der Waals surface area contributed by atoms with Gasteiger partial charge in [0.05, 0.1) is 23.7 Å².